The van der Waals surface area contributed by atoms with Crippen LogP contribution in [-0.2, 0) is 27.9 Å². The molecule has 0 saturated carbocycles. The number of rotatable bonds is 39. The predicted octanol–water partition coefficient (Wildman–Crippen LogP) is 11.0. The summed E-state index contributed by atoms with van der Waals surface area (Å²) in [6.45, 7) is 3.89. The molecule has 332 valence electrons. The van der Waals surface area contributed by atoms with Crippen LogP contribution in [0.1, 0.15) is 206 Å². The molecular formula is C47H86NO8P. The normalized spacial score (nSPS) is 13.5. The summed E-state index contributed by atoms with van der Waals surface area (Å²) in [5, 5.41) is 9.46. The van der Waals surface area contributed by atoms with E-state index in [-0.39, 0.29) is 31.3 Å². The molecule has 0 amide bonds. The third kappa shape index (κ3) is 39.5. The fourth-order valence-corrected chi connectivity index (χ4v) is 7.36. The fourth-order valence-electron chi connectivity index (χ4n) is 6.50. The lowest BCUT2D eigenvalue weighted by atomic mass is 9.91. The molecule has 0 saturated heterocycles. The van der Waals surface area contributed by atoms with Crippen LogP contribution in [0.3, 0.4) is 0 Å². The molecule has 2 unspecified atom stereocenters. The number of hydrogen-bond acceptors (Lipinski definition) is 8. The first kappa shape index (κ1) is 55.3. The van der Waals surface area contributed by atoms with E-state index in [0.29, 0.717) is 17.4 Å². The molecule has 0 bridgehead atoms. The Morgan fingerprint density at radius 2 is 1.11 bits per heavy atom. The van der Waals surface area contributed by atoms with Gasteiger partial charge in [-0.05, 0) is 44.4 Å². The molecule has 0 aromatic carbocycles. The Hall–Kier alpha value is -1.71. The topological polar surface area (TPSA) is 122 Å². The summed E-state index contributed by atoms with van der Waals surface area (Å²) < 4.78 is 27.4. The smallest absolute Gasteiger partial charge is 0.305 e. The second kappa shape index (κ2) is 38.5. The van der Waals surface area contributed by atoms with E-state index >= 15 is 0 Å². The van der Waals surface area contributed by atoms with Gasteiger partial charge in [0.25, 0.3) is 7.82 Å². The van der Waals surface area contributed by atoms with Gasteiger partial charge in [0.1, 0.15) is 25.9 Å². The van der Waals surface area contributed by atoms with Crippen LogP contribution in [0.25, 0.3) is 0 Å². The van der Waals surface area contributed by atoms with Crippen LogP contribution < -0.4 is 4.89 Å². The predicted molar refractivity (Wildman–Crippen MR) is 233 cm³/mol. The number of ether oxygens (including phenoxy) is 1. The molecule has 0 aliphatic heterocycles. The van der Waals surface area contributed by atoms with Gasteiger partial charge in [-0.25, -0.2) is 0 Å². The van der Waals surface area contributed by atoms with Crippen molar-refractivity contribution in [3.05, 3.63) is 0 Å². The minimum Gasteiger partial charge on any atom is -0.756 e. The lowest BCUT2D eigenvalue weighted by molar-refractivity contribution is -0.870. The van der Waals surface area contributed by atoms with Crippen molar-refractivity contribution >= 4 is 19.6 Å². The maximum absolute atomic E-state index is 12.9. The zero-order valence-electron chi connectivity index (χ0n) is 37.4. The molecule has 0 fully saturated rings. The summed E-state index contributed by atoms with van der Waals surface area (Å²) in [4.78, 5) is 37.0. The quantitative estimate of drug-likeness (QED) is 0.0162. The number of carbonyl (C=O) groups is 2. The van der Waals surface area contributed by atoms with Crippen molar-refractivity contribution in [1.29, 1.82) is 0 Å². The van der Waals surface area contributed by atoms with Crippen molar-refractivity contribution in [3.63, 3.8) is 0 Å². The largest absolute Gasteiger partial charge is 0.756 e. The molecule has 1 N–H and O–H groups in total. The molecule has 0 heterocycles. The molecule has 0 aromatic heterocycles. The number of Topliss-reactive ketones (excluding diaryl/α,β-unsaturated/α-hetero) is 1. The van der Waals surface area contributed by atoms with Gasteiger partial charge < -0.3 is 28.3 Å². The maximum Gasteiger partial charge on any atom is 0.305 e. The summed E-state index contributed by atoms with van der Waals surface area (Å²) >= 11 is 0. The summed E-state index contributed by atoms with van der Waals surface area (Å²) in [5.41, 5.74) is 0. The highest BCUT2D eigenvalue weighted by Gasteiger charge is 2.21. The molecule has 0 aliphatic carbocycles. The maximum atomic E-state index is 12.9. The van der Waals surface area contributed by atoms with Crippen LogP contribution in [0.5, 0.6) is 0 Å². The highest BCUT2D eigenvalue weighted by atomic mass is 31.2. The van der Waals surface area contributed by atoms with E-state index in [1.807, 2.05) is 21.1 Å². The fraction of sp³-hybridized carbons (Fsp3) is 0.872. The van der Waals surface area contributed by atoms with Crippen molar-refractivity contribution in [2.24, 2.45) is 5.92 Å². The van der Waals surface area contributed by atoms with Crippen LogP contribution >= 0.6 is 7.82 Å². The number of ketones is 1. The van der Waals surface area contributed by atoms with E-state index in [0.717, 1.165) is 109 Å². The van der Waals surface area contributed by atoms with Crippen molar-refractivity contribution in [2.45, 2.75) is 213 Å². The van der Waals surface area contributed by atoms with Gasteiger partial charge in [0, 0.05) is 31.6 Å². The van der Waals surface area contributed by atoms with Crippen LogP contribution in [0.2, 0.25) is 0 Å². The first-order valence-corrected chi connectivity index (χ1v) is 24.6. The van der Waals surface area contributed by atoms with Crippen molar-refractivity contribution in [1.82, 2.24) is 0 Å². The van der Waals surface area contributed by atoms with Gasteiger partial charge in [0.15, 0.2) is 0 Å². The van der Waals surface area contributed by atoms with Crippen molar-refractivity contribution < 1.29 is 42.4 Å². The van der Waals surface area contributed by atoms with Crippen LogP contribution in [0, 0.1) is 29.6 Å². The standard InChI is InChI=1S/C47H86NO8P/c1-6-8-10-11-12-13-14-15-16-17-18-19-20-21-22-23-24-28-31-34-38-46(50)44(36-9-7-2)37-33-30-27-25-26-29-32-35-39-47(51)54-43-45(42-49)56-57(52,53)55-41-40-48(3,4)5/h44-45,49H,6-18,21-33,35-37,39-43H2,1-5H3/t44?,45-/m0/s1. The highest BCUT2D eigenvalue weighted by Crippen LogP contribution is 2.39. The molecule has 3 atom stereocenters. The van der Waals surface area contributed by atoms with Crippen LogP contribution in [-0.4, -0.2) is 75.0 Å². The second-order valence-corrected chi connectivity index (χ2v) is 18.3. The summed E-state index contributed by atoms with van der Waals surface area (Å²) in [6, 6.07) is 0. The van der Waals surface area contributed by atoms with Crippen LogP contribution in [0.4, 0.5) is 0 Å². The van der Waals surface area contributed by atoms with Gasteiger partial charge in [-0.1, -0.05) is 148 Å². The van der Waals surface area contributed by atoms with Gasteiger partial charge in [0.2, 0.25) is 5.78 Å². The Morgan fingerprint density at radius 1 is 0.649 bits per heavy atom. The van der Waals surface area contributed by atoms with Gasteiger partial charge in [0.05, 0.1) is 27.7 Å². The molecule has 0 aromatic rings. The third-order valence-corrected chi connectivity index (χ3v) is 11.3. The van der Waals surface area contributed by atoms with E-state index in [2.05, 4.69) is 37.5 Å². The van der Waals surface area contributed by atoms with Gasteiger partial charge in [-0.2, -0.15) is 0 Å². The molecule has 0 aliphatic rings. The van der Waals surface area contributed by atoms with E-state index in [4.69, 9.17) is 13.8 Å². The third-order valence-electron chi connectivity index (χ3n) is 10.2. The minimum atomic E-state index is -4.62. The number of likely N-dealkylation sites (N-methyl/N-ethyl adjacent to an activating group) is 1. The summed E-state index contributed by atoms with van der Waals surface area (Å²) in [6.07, 6.45) is 32.3. The minimum absolute atomic E-state index is 0.0459. The SMILES string of the molecule is CCCCCCCCCCCCC#CCCCCCCC#CC(=O)C(CCCC)CCCCCCCCCCC(=O)OC[C@H](CO)OP(=O)([O-])OCC[N+](C)(C)C. The molecule has 57 heavy (non-hydrogen) atoms. The van der Waals surface area contributed by atoms with Crippen molar-refractivity contribution in [3.8, 4) is 23.7 Å². The molecule has 0 spiro atoms. The second-order valence-electron chi connectivity index (χ2n) is 17.0. The Balaban J connectivity index is 3.95. The van der Waals surface area contributed by atoms with Crippen molar-refractivity contribution in [2.75, 3.05) is 47.5 Å². The number of esters is 1. The Kier molecular flexibility index (Phi) is 37.3. The number of hydrogen-bond donors (Lipinski definition) is 1. The van der Waals surface area contributed by atoms with E-state index in [9.17, 15) is 24.2 Å². The zero-order valence-corrected chi connectivity index (χ0v) is 38.3. The van der Waals surface area contributed by atoms with Gasteiger partial charge in [-0.3, -0.25) is 14.2 Å². The Morgan fingerprint density at radius 3 is 1.61 bits per heavy atom. The summed E-state index contributed by atoms with van der Waals surface area (Å²) in [5.74, 6) is 12.6. The number of unbranched alkanes of at least 4 members (excludes halogenated alkanes) is 23. The van der Waals surface area contributed by atoms with E-state index in [1.165, 1.54) is 70.6 Å². The van der Waals surface area contributed by atoms with Gasteiger partial charge in [-0.15, -0.1) is 11.8 Å². The molecule has 0 rings (SSSR count). The number of nitrogens with zero attached hydrogens (tertiary/aromatic N) is 1. The zero-order chi connectivity index (χ0) is 42.3. The van der Waals surface area contributed by atoms with E-state index < -0.39 is 26.5 Å². The summed E-state index contributed by atoms with van der Waals surface area (Å²) in [7, 11) is 1.10. The number of phosphoric acid groups is 1. The lowest BCUT2D eigenvalue weighted by Gasteiger charge is -2.29. The monoisotopic (exact) mass is 824 g/mol. The Bertz CT molecular complexity index is 1150. The number of aliphatic hydroxyl groups excluding tert-OH is 1. The van der Waals surface area contributed by atoms with E-state index in [1.54, 1.807) is 0 Å². The number of carbonyl (C=O) groups excluding carboxylic acids is 2. The first-order valence-electron chi connectivity index (χ1n) is 23.1. The molecular weight excluding hydrogens is 737 g/mol. The molecule has 10 heteroatoms. The lowest BCUT2D eigenvalue weighted by Crippen LogP contribution is -2.38. The molecule has 9 nitrogen and oxygen atoms in total. The highest BCUT2D eigenvalue weighted by molar-refractivity contribution is 7.45. The average molecular weight is 824 g/mol. The Labute approximate surface area is 350 Å². The number of quaternary nitrogens is 1. The van der Waals surface area contributed by atoms with Crippen LogP contribution in [0.15, 0.2) is 0 Å². The number of aliphatic hydroxyl groups is 1. The first-order chi connectivity index (χ1) is 27.4. The van der Waals surface area contributed by atoms with Gasteiger partial charge >= 0.3 is 5.97 Å². The average Bonchev–Trinajstić information content (AvgIpc) is 3.16. The number of phosphoric ester groups is 1. The molecule has 0 radical (unpaired) electrons.